The number of nitrogens with zero attached hydrogens (tertiary/aromatic N) is 4. The van der Waals surface area contributed by atoms with Crippen LogP contribution < -0.4 is 5.32 Å². The average molecular weight is 347 g/mol. The molecule has 0 spiro atoms. The first-order chi connectivity index (χ1) is 12.0. The summed E-state index contributed by atoms with van der Waals surface area (Å²) >= 11 is 0. The van der Waals surface area contributed by atoms with Crippen molar-refractivity contribution in [2.45, 2.75) is 51.7 Å². The summed E-state index contributed by atoms with van der Waals surface area (Å²) in [7, 11) is 0. The molecule has 7 nitrogen and oxygen atoms in total. The fourth-order valence-corrected chi connectivity index (χ4v) is 3.91. The van der Waals surface area contributed by atoms with Gasteiger partial charge in [0.05, 0.1) is 18.8 Å². The summed E-state index contributed by atoms with van der Waals surface area (Å²) in [5, 5.41) is 2.90. The lowest BCUT2D eigenvalue weighted by molar-refractivity contribution is -0.140. The molecule has 0 aromatic carbocycles. The molecule has 2 aliphatic heterocycles. The molecule has 0 radical (unpaired) electrons. The Bertz CT molecular complexity index is 578. The van der Waals surface area contributed by atoms with E-state index in [2.05, 4.69) is 33.6 Å². The summed E-state index contributed by atoms with van der Waals surface area (Å²) in [6.07, 6.45) is 7.94. The number of piperazine rings is 1. The highest BCUT2D eigenvalue weighted by molar-refractivity contribution is 5.88. The van der Waals surface area contributed by atoms with Gasteiger partial charge in [-0.15, -0.1) is 0 Å². The van der Waals surface area contributed by atoms with Crippen LogP contribution in [0, 0.1) is 5.92 Å². The van der Waals surface area contributed by atoms with E-state index in [0.717, 1.165) is 39.0 Å². The van der Waals surface area contributed by atoms with Crippen molar-refractivity contribution in [3.8, 4) is 0 Å². The number of hydrogen-bond donors (Lipinski definition) is 1. The second-order valence-corrected chi connectivity index (χ2v) is 7.43. The highest BCUT2D eigenvalue weighted by Gasteiger charge is 2.34. The maximum Gasteiger partial charge on any atom is 0.237 e. The molecule has 138 valence electrons. The monoisotopic (exact) mass is 347 g/mol. The molecule has 7 heteroatoms. The second-order valence-electron chi connectivity index (χ2n) is 7.43. The van der Waals surface area contributed by atoms with E-state index in [1.807, 2.05) is 17.4 Å². The van der Waals surface area contributed by atoms with Gasteiger partial charge in [-0.2, -0.15) is 0 Å². The number of carbonyl (C=O) groups is 2. The lowest BCUT2D eigenvalue weighted by Gasteiger charge is -2.39. The van der Waals surface area contributed by atoms with Crippen LogP contribution in [0.15, 0.2) is 18.7 Å². The number of rotatable bonds is 5. The van der Waals surface area contributed by atoms with E-state index >= 15 is 0 Å². The summed E-state index contributed by atoms with van der Waals surface area (Å²) in [5.41, 5.74) is 0. The molecule has 2 aliphatic rings. The van der Waals surface area contributed by atoms with Crippen molar-refractivity contribution < 1.29 is 9.59 Å². The fourth-order valence-electron chi connectivity index (χ4n) is 3.91. The molecule has 25 heavy (non-hydrogen) atoms. The highest BCUT2D eigenvalue weighted by Crippen LogP contribution is 2.21. The molecule has 2 amide bonds. The normalized spacial score (nSPS) is 23.1. The van der Waals surface area contributed by atoms with Crippen LogP contribution in [0.2, 0.25) is 0 Å². The molecule has 0 aliphatic carbocycles. The first-order valence-electron chi connectivity index (χ1n) is 9.31. The van der Waals surface area contributed by atoms with Crippen molar-refractivity contribution in [1.29, 1.82) is 0 Å². The summed E-state index contributed by atoms with van der Waals surface area (Å²) < 4.78 is 2.11. The minimum atomic E-state index is -0.329. The second kappa shape index (κ2) is 7.99. The van der Waals surface area contributed by atoms with Gasteiger partial charge in [-0.1, -0.05) is 0 Å². The van der Waals surface area contributed by atoms with Gasteiger partial charge in [0, 0.05) is 51.2 Å². The summed E-state index contributed by atoms with van der Waals surface area (Å²) in [6.45, 7) is 8.18. The Labute approximate surface area is 149 Å². The molecular weight excluding hydrogens is 318 g/mol. The first kappa shape index (κ1) is 17.9. The Kier molecular flexibility index (Phi) is 5.73. The predicted molar refractivity (Wildman–Crippen MR) is 94.8 cm³/mol. The number of amides is 2. The van der Waals surface area contributed by atoms with Crippen LogP contribution in [0.3, 0.4) is 0 Å². The molecule has 2 saturated heterocycles. The van der Waals surface area contributed by atoms with Crippen molar-refractivity contribution in [2.24, 2.45) is 5.92 Å². The van der Waals surface area contributed by atoms with Gasteiger partial charge in [0.1, 0.15) is 0 Å². The molecule has 3 rings (SSSR count). The lowest BCUT2D eigenvalue weighted by Crippen LogP contribution is -2.58. The zero-order valence-corrected chi connectivity index (χ0v) is 15.2. The van der Waals surface area contributed by atoms with E-state index in [9.17, 15) is 9.59 Å². The molecule has 3 heterocycles. The van der Waals surface area contributed by atoms with E-state index in [-0.39, 0.29) is 30.3 Å². The largest absolute Gasteiger partial charge is 0.353 e. The Morgan fingerprint density at radius 1 is 1.32 bits per heavy atom. The summed E-state index contributed by atoms with van der Waals surface area (Å²) in [6, 6.07) is -0.0605. The van der Waals surface area contributed by atoms with E-state index in [0.29, 0.717) is 12.5 Å². The van der Waals surface area contributed by atoms with Gasteiger partial charge in [0.25, 0.3) is 0 Å². The first-order valence-corrected chi connectivity index (χ1v) is 9.31. The molecule has 0 saturated carbocycles. The van der Waals surface area contributed by atoms with Crippen LogP contribution >= 0.6 is 0 Å². The predicted octanol–water partition coefficient (Wildman–Crippen LogP) is 0.721. The Morgan fingerprint density at radius 2 is 2.08 bits per heavy atom. The quantitative estimate of drug-likeness (QED) is 0.852. The lowest BCUT2D eigenvalue weighted by atomic mass is 9.96. The van der Waals surface area contributed by atoms with Crippen LogP contribution in [-0.4, -0.2) is 69.4 Å². The average Bonchev–Trinajstić information content (AvgIpc) is 3.10. The van der Waals surface area contributed by atoms with Crippen molar-refractivity contribution in [3.63, 3.8) is 0 Å². The van der Waals surface area contributed by atoms with Crippen molar-refractivity contribution >= 4 is 11.8 Å². The minimum Gasteiger partial charge on any atom is -0.353 e. The van der Waals surface area contributed by atoms with Gasteiger partial charge >= 0.3 is 0 Å². The van der Waals surface area contributed by atoms with Crippen LogP contribution in [0.5, 0.6) is 0 Å². The molecule has 0 unspecified atom stereocenters. The van der Waals surface area contributed by atoms with Gasteiger partial charge in [0.15, 0.2) is 0 Å². The number of aromatic nitrogens is 2. The fraction of sp³-hybridized carbons (Fsp3) is 0.722. The smallest absolute Gasteiger partial charge is 0.237 e. The zero-order chi connectivity index (χ0) is 17.8. The number of likely N-dealkylation sites (tertiary alicyclic amines) is 1. The molecule has 2 fully saturated rings. The number of hydrogen-bond acceptors (Lipinski definition) is 4. The van der Waals surface area contributed by atoms with Crippen LogP contribution in [0.4, 0.5) is 0 Å². The molecule has 1 aromatic rings. The molecule has 1 N–H and O–H groups in total. The minimum absolute atomic E-state index is 0.0108. The number of nitrogens with one attached hydrogen (secondary N) is 1. The molecule has 0 bridgehead atoms. The maximum absolute atomic E-state index is 12.7. The third-order valence-corrected chi connectivity index (χ3v) is 5.40. The summed E-state index contributed by atoms with van der Waals surface area (Å²) in [5.74, 6) is 0.681. The topological polar surface area (TPSA) is 70.5 Å². The van der Waals surface area contributed by atoms with Crippen LogP contribution in [0.25, 0.3) is 0 Å². The van der Waals surface area contributed by atoms with E-state index < -0.39 is 0 Å². The van der Waals surface area contributed by atoms with E-state index in [4.69, 9.17) is 0 Å². The zero-order valence-electron chi connectivity index (χ0n) is 15.2. The third kappa shape index (κ3) is 4.39. The van der Waals surface area contributed by atoms with E-state index in [1.54, 1.807) is 6.20 Å². The molecule has 1 aromatic heterocycles. The van der Waals surface area contributed by atoms with Crippen molar-refractivity contribution in [1.82, 2.24) is 24.7 Å². The van der Waals surface area contributed by atoms with Crippen LogP contribution in [-0.2, 0) is 16.1 Å². The SMILES string of the molecule is CC(C)N1CCNC(=O)[C@@H]1CC(=O)N1CCC(Cn2ccnc2)CC1. The Hall–Kier alpha value is -1.89. The summed E-state index contributed by atoms with van der Waals surface area (Å²) in [4.78, 5) is 33.1. The molecule has 1 atom stereocenters. The number of carbonyl (C=O) groups excluding carboxylic acids is 2. The Morgan fingerprint density at radius 3 is 2.72 bits per heavy atom. The van der Waals surface area contributed by atoms with Gasteiger partial charge < -0.3 is 14.8 Å². The third-order valence-electron chi connectivity index (χ3n) is 5.40. The van der Waals surface area contributed by atoms with Crippen LogP contribution in [0.1, 0.15) is 33.1 Å². The Balaban J connectivity index is 1.51. The number of piperidine rings is 1. The number of imidazole rings is 1. The van der Waals surface area contributed by atoms with Gasteiger partial charge in [-0.3, -0.25) is 14.5 Å². The molecular formula is C18H29N5O2. The van der Waals surface area contributed by atoms with Gasteiger partial charge in [-0.25, -0.2) is 4.98 Å². The van der Waals surface area contributed by atoms with Crippen molar-refractivity contribution in [3.05, 3.63) is 18.7 Å². The van der Waals surface area contributed by atoms with E-state index in [1.165, 1.54) is 0 Å². The van der Waals surface area contributed by atoms with Gasteiger partial charge in [0.2, 0.25) is 11.8 Å². The standard InChI is InChI=1S/C18H29N5O2/c1-14(2)23-10-6-20-18(25)16(23)11-17(24)22-7-3-15(4-8-22)12-21-9-5-19-13-21/h5,9,13-16H,3-4,6-8,10-12H2,1-2H3,(H,20,25)/t16-/m0/s1. The van der Waals surface area contributed by atoms with Gasteiger partial charge in [-0.05, 0) is 32.6 Å². The maximum atomic E-state index is 12.7. The highest BCUT2D eigenvalue weighted by atomic mass is 16.2. The van der Waals surface area contributed by atoms with Crippen molar-refractivity contribution in [2.75, 3.05) is 26.2 Å².